The molecule has 1 amide bonds. The van der Waals surface area contributed by atoms with Crippen LogP contribution in [0.1, 0.15) is 6.42 Å². The first-order valence-electron chi connectivity index (χ1n) is 3.19. The average molecular weight is 141 g/mol. The van der Waals surface area contributed by atoms with Crippen molar-refractivity contribution in [3.63, 3.8) is 0 Å². The third kappa shape index (κ3) is 1.33. The van der Waals surface area contributed by atoms with Gasteiger partial charge in [-0.15, -0.1) is 0 Å². The van der Waals surface area contributed by atoms with E-state index in [1.54, 1.807) is 6.21 Å². The van der Waals surface area contributed by atoms with Crippen LogP contribution in [-0.2, 0) is 4.79 Å². The van der Waals surface area contributed by atoms with E-state index in [0.29, 0.717) is 6.42 Å². The summed E-state index contributed by atoms with van der Waals surface area (Å²) in [6.07, 6.45) is 2.42. The molecule has 4 nitrogen and oxygen atoms in total. The van der Waals surface area contributed by atoms with Crippen LogP contribution in [-0.4, -0.2) is 37.2 Å². The third-order valence-electron chi connectivity index (χ3n) is 1.52. The summed E-state index contributed by atoms with van der Waals surface area (Å²) in [5.74, 6) is -0.0208. The lowest BCUT2D eigenvalue weighted by Crippen LogP contribution is -2.44. The van der Waals surface area contributed by atoms with Gasteiger partial charge in [0.15, 0.2) is 0 Å². The predicted molar refractivity (Wildman–Crippen MR) is 38.7 cm³/mol. The number of hydrazone groups is 1. The molecule has 1 N–H and O–H groups in total. The van der Waals surface area contributed by atoms with Gasteiger partial charge in [-0.1, -0.05) is 0 Å². The first-order chi connectivity index (χ1) is 4.72. The van der Waals surface area contributed by atoms with Crippen molar-refractivity contribution in [2.24, 2.45) is 5.10 Å². The second-order valence-corrected chi connectivity index (χ2v) is 2.50. The number of likely N-dealkylation sites (N-methyl/N-ethyl adjacent to an activating group) is 1. The molecule has 0 spiro atoms. The molecule has 1 unspecified atom stereocenters. The lowest BCUT2D eigenvalue weighted by atomic mass is 10.2. The van der Waals surface area contributed by atoms with Crippen molar-refractivity contribution in [1.29, 1.82) is 0 Å². The predicted octanol–water partition coefficient (Wildman–Crippen LogP) is -0.578. The minimum absolute atomic E-state index is 0.0208. The maximum absolute atomic E-state index is 11.0. The van der Waals surface area contributed by atoms with Crippen LogP contribution < -0.4 is 5.43 Å². The van der Waals surface area contributed by atoms with Crippen LogP contribution in [0.25, 0.3) is 0 Å². The molecule has 0 bridgehead atoms. The van der Waals surface area contributed by atoms with E-state index in [1.165, 1.54) is 0 Å². The Morgan fingerprint density at radius 2 is 2.50 bits per heavy atom. The molecule has 0 aromatic carbocycles. The van der Waals surface area contributed by atoms with E-state index in [9.17, 15) is 4.79 Å². The molecular weight excluding hydrogens is 130 g/mol. The molecule has 1 heterocycles. The molecule has 0 aliphatic carbocycles. The number of nitrogens with one attached hydrogen (secondary N) is 1. The molecule has 0 aromatic heterocycles. The Bertz CT molecular complexity index is 164. The second-order valence-electron chi connectivity index (χ2n) is 2.50. The quantitative estimate of drug-likeness (QED) is 0.531. The van der Waals surface area contributed by atoms with Gasteiger partial charge in [0.05, 0.1) is 6.04 Å². The number of nitrogens with zero attached hydrogens (tertiary/aromatic N) is 2. The zero-order valence-electron chi connectivity index (χ0n) is 6.16. The Hall–Kier alpha value is -0.900. The standard InChI is InChI=1S/C6H11N3O/c1-9(2)5-3-4-7-8-6(5)10/h4-5H,3H2,1-2H3,(H,8,10). The van der Waals surface area contributed by atoms with Crippen molar-refractivity contribution < 1.29 is 4.79 Å². The van der Waals surface area contributed by atoms with Gasteiger partial charge in [-0.25, -0.2) is 5.43 Å². The minimum atomic E-state index is -0.0440. The van der Waals surface area contributed by atoms with E-state index in [4.69, 9.17) is 0 Å². The van der Waals surface area contributed by atoms with E-state index in [0.717, 1.165) is 0 Å². The Morgan fingerprint density at radius 3 is 2.90 bits per heavy atom. The molecular formula is C6H11N3O. The maximum atomic E-state index is 11.0. The number of rotatable bonds is 1. The monoisotopic (exact) mass is 141 g/mol. The van der Waals surface area contributed by atoms with Crippen LogP contribution in [0.15, 0.2) is 5.10 Å². The fraction of sp³-hybridized carbons (Fsp3) is 0.667. The summed E-state index contributed by atoms with van der Waals surface area (Å²) in [4.78, 5) is 12.8. The highest BCUT2D eigenvalue weighted by atomic mass is 16.2. The molecule has 4 heteroatoms. The van der Waals surface area contributed by atoms with E-state index in [1.807, 2.05) is 19.0 Å². The molecule has 0 saturated carbocycles. The first kappa shape index (κ1) is 7.21. The number of amides is 1. The molecule has 0 saturated heterocycles. The van der Waals surface area contributed by atoms with Gasteiger partial charge in [-0.2, -0.15) is 5.10 Å². The summed E-state index contributed by atoms with van der Waals surface area (Å²) in [6, 6.07) is -0.0440. The Balaban J connectivity index is 2.59. The lowest BCUT2D eigenvalue weighted by Gasteiger charge is -2.22. The molecule has 0 aromatic rings. The fourth-order valence-electron chi connectivity index (χ4n) is 0.889. The highest BCUT2D eigenvalue weighted by Crippen LogP contribution is 2.00. The van der Waals surface area contributed by atoms with Gasteiger partial charge in [-0.05, 0) is 14.1 Å². The van der Waals surface area contributed by atoms with Gasteiger partial charge in [0.1, 0.15) is 0 Å². The van der Waals surface area contributed by atoms with Crippen LogP contribution >= 0.6 is 0 Å². The lowest BCUT2D eigenvalue weighted by molar-refractivity contribution is -0.125. The molecule has 1 aliphatic rings. The largest absolute Gasteiger partial charge is 0.298 e. The highest BCUT2D eigenvalue weighted by Gasteiger charge is 2.21. The molecule has 0 radical (unpaired) electrons. The molecule has 1 rings (SSSR count). The minimum Gasteiger partial charge on any atom is -0.298 e. The van der Waals surface area contributed by atoms with Crippen molar-refractivity contribution in [1.82, 2.24) is 10.3 Å². The molecule has 0 fully saturated rings. The number of carbonyl (C=O) groups excluding carboxylic acids is 1. The smallest absolute Gasteiger partial charge is 0.257 e. The third-order valence-corrected chi connectivity index (χ3v) is 1.52. The van der Waals surface area contributed by atoms with Crippen LogP contribution in [0.3, 0.4) is 0 Å². The number of carbonyl (C=O) groups is 1. The van der Waals surface area contributed by atoms with E-state index < -0.39 is 0 Å². The van der Waals surface area contributed by atoms with E-state index >= 15 is 0 Å². The Labute approximate surface area is 59.9 Å². The van der Waals surface area contributed by atoms with Gasteiger partial charge >= 0.3 is 0 Å². The summed E-state index contributed by atoms with van der Waals surface area (Å²) in [6.45, 7) is 0. The molecule has 56 valence electrons. The number of hydrogen-bond acceptors (Lipinski definition) is 3. The summed E-state index contributed by atoms with van der Waals surface area (Å²) >= 11 is 0. The van der Waals surface area contributed by atoms with Crippen LogP contribution in [0.4, 0.5) is 0 Å². The van der Waals surface area contributed by atoms with Crippen LogP contribution in [0.2, 0.25) is 0 Å². The van der Waals surface area contributed by atoms with Crippen LogP contribution in [0.5, 0.6) is 0 Å². The molecule has 10 heavy (non-hydrogen) atoms. The van der Waals surface area contributed by atoms with Crippen LogP contribution in [0, 0.1) is 0 Å². The Morgan fingerprint density at radius 1 is 1.80 bits per heavy atom. The summed E-state index contributed by atoms with van der Waals surface area (Å²) in [5, 5.41) is 3.64. The van der Waals surface area contributed by atoms with Gasteiger partial charge in [-0.3, -0.25) is 9.69 Å². The number of hydrogen-bond donors (Lipinski definition) is 1. The fourth-order valence-corrected chi connectivity index (χ4v) is 0.889. The topological polar surface area (TPSA) is 44.7 Å². The normalized spacial score (nSPS) is 25.1. The summed E-state index contributed by atoms with van der Waals surface area (Å²) < 4.78 is 0. The SMILES string of the molecule is CN(C)C1CC=NNC1=O. The summed E-state index contributed by atoms with van der Waals surface area (Å²) in [7, 11) is 3.76. The highest BCUT2D eigenvalue weighted by molar-refractivity contribution is 5.87. The molecule has 1 aliphatic heterocycles. The van der Waals surface area contributed by atoms with Gasteiger partial charge in [0.2, 0.25) is 0 Å². The van der Waals surface area contributed by atoms with E-state index in [2.05, 4.69) is 10.5 Å². The van der Waals surface area contributed by atoms with Gasteiger partial charge < -0.3 is 0 Å². The van der Waals surface area contributed by atoms with Gasteiger partial charge in [0, 0.05) is 12.6 Å². The van der Waals surface area contributed by atoms with E-state index in [-0.39, 0.29) is 11.9 Å². The second kappa shape index (κ2) is 2.79. The maximum Gasteiger partial charge on any atom is 0.257 e. The summed E-state index contributed by atoms with van der Waals surface area (Å²) in [5.41, 5.74) is 2.40. The van der Waals surface area contributed by atoms with Crippen molar-refractivity contribution in [2.75, 3.05) is 14.1 Å². The zero-order valence-corrected chi connectivity index (χ0v) is 6.16. The van der Waals surface area contributed by atoms with Crippen molar-refractivity contribution >= 4 is 12.1 Å². The average Bonchev–Trinajstić information content (AvgIpc) is 1.88. The Kier molecular flexibility index (Phi) is 2.01. The van der Waals surface area contributed by atoms with Crippen molar-refractivity contribution in [3.05, 3.63) is 0 Å². The van der Waals surface area contributed by atoms with Crippen molar-refractivity contribution in [2.45, 2.75) is 12.5 Å². The first-order valence-corrected chi connectivity index (χ1v) is 3.19. The van der Waals surface area contributed by atoms with Crippen molar-refractivity contribution in [3.8, 4) is 0 Å². The zero-order chi connectivity index (χ0) is 7.56. The molecule has 1 atom stereocenters. The van der Waals surface area contributed by atoms with Gasteiger partial charge in [0.25, 0.3) is 5.91 Å².